The number of aryl methyl sites for hydroxylation is 2. The summed E-state index contributed by atoms with van der Waals surface area (Å²) in [6, 6.07) is 15.2. The van der Waals surface area contributed by atoms with Gasteiger partial charge in [0, 0.05) is 5.69 Å². The SMILES string of the molecule is Cc1ccc(C)c(N[C@@H]2CC(=O)N(Cc3ccccc3)C2=O)c1. The van der Waals surface area contributed by atoms with E-state index < -0.39 is 6.04 Å². The lowest BCUT2D eigenvalue weighted by molar-refractivity contribution is -0.139. The summed E-state index contributed by atoms with van der Waals surface area (Å²) in [6.45, 7) is 4.34. The molecule has 1 saturated heterocycles. The van der Waals surface area contributed by atoms with Gasteiger partial charge in [-0.05, 0) is 36.6 Å². The maximum atomic E-state index is 12.6. The lowest BCUT2D eigenvalue weighted by Gasteiger charge is -2.17. The van der Waals surface area contributed by atoms with Gasteiger partial charge in [-0.3, -0.25) is 14.5 Å². The summed E-state index contributed by atoms with van der Waals surface area (Å²) in [5.41, 5.74) is 4.06. The van der Waals surface area contributed by atoms with E-state index in [4.69, 9.17) is 0 Å². The van der Waals surface area contributed by atoms with Crippen molar-refractivity contribution in [3.63, 3.8) is 0 Å². The van der Waals surface area contributed by atoms with Crippen molar-refractivity contribution in [1.82, 2.24) is 4.90 Å². The number of benzene rings is 2. The molecule has 4 heteroatoms. The highest BCUT2D eigenvalue weighted by atomic mass is 16.2. The predicted molar refractivity (Wildman–Crippen MR) is 89.9 cm³/mol. The lowest BCUT2D eigenvalue weighted by atomic mass is 10.1. The Kier molecular flexibility index (Phi) is 4.15. The van der Waals surface area contributed by atoms with Crippen LogP contribution in [0.5, 0.6) is 0 Å². The second kappa shape index (κ2) is 6.24. The van der Waals surface area contributed by atoms with Gasteiger partial charge in [0.2, 0.25) is 5.91 Å². The van der Waals surface area contributed by atoms with Crippen LogP contribution in [0.4, 0.5) is 5.69 Å². The number of likely N-dealkylation sites (tertiary alicyclic amines) is 1. The van der Waals surface area contributed by atoms with Crippen molar-refractivity contribution in [1.29, 1.82) is 0 Å². The molecule has 1 aliphatic heterocycles. The van der Waals surface area contributed by atoms with Gasteiger partial charge >= 0.3 is 0 Å². The minimum Gasteiger partial charge on any atom is -0.373 e. The van der Waals surface area contributed by atoms with Crippen molar-refractivity contribution in [2.45, 2.75) is 32.9 Å². The van der Waals surface area contributed by atoms with Crippen molar-refractivity contribution in [3.8, 4) is 0 Å². The molecule has 2 aromatic rings. The Morgan fingerprint density at radius 2 is 1.83 bits per heavy atom. The van der Waals surface area contributed by atoms with E-state index in [-0.39, 0.29) is 18.2 Å². The maximum absolute atomic E-state index is 12.6. The highest BCUT2D eigenvalue weighted by molar-refractivity contribution is 6.06. The number of nitrogens with zero attached hydrogens (tertiary/aromatic N) is 1. The van der Waals surface area contributed by atoms with Crippen LogP contribution in [0.15, 0.2) is 48.5 Å². The van der Waals surface area contributed by atoms with Gasteiger partial charge in [0.05, 0.1) is 13.0 Å². The minimum absolute atomic E-state index is 0.123. The molecular weight excluding hydrogens is 288 g/mol. The standard InChI is InChI=1S/C19H20N2O2/c1-13-8-9-14(2)16(10-13)20-17-11-18(22)21(19(17)23)12-15-6-4-3-5-7-15/h3-10,17,20H,11-12H2,1-2H3/t17-/m1/s1. The largest absolute Gasteiger partial charge is 0.373 e. The molecule has 0 saturated carbocycles. The van der Waals surface area contributed by atoms with Gasteiger partial charge in [-0.2, -0.15) is 0 Å². The second-order valence-electron chi connectivity index (χ2n) is 6.02. The van der Waals surface area contributed by atoms with Crippen LogP contribution in [0.3, 0.4) is 0 Å². The van der Waals surface area contributed by atoms with Crippen LogP contribution >= 0.6 is 0 Å². The van der Waals surface area contributed by atoms with Crippen LogP contribution < -0.4 is 5.32 Å². The Balaban J connectivity index is 1.74. The highest BCUT2D eigenvalue weighted by Crippen LogP contribution is 2.23. The van der Waals surface area contributed by atoms with Gasteiger partial charge in [-0.25, -0.2) is 0 Å². The summed E-state index contributed by atoms with van der Waals surface area (Å²) >= 11 is 0. The maximum Gasteiger partial charge on any atom is 0.252 e. The Morgan fingerprint density at radius 3 is 2.57 bits per heavy atom. The molecule has 3 rings (SSSR count). The van der Waals surface area contributed by atoms with Crippen LogP contribution in [0.2, 0.25) is 0 Å². The number of rotatable bonds is 4. The van der Waals surface area contributed by atoms with Gasteiger partial charge < -0.3 is 5.32 Å². The van der Waals surface area contributed by atoms with Crippen molar-refractivity contribution in [2.75, 3.05) is 5.32 Å². The van der Waals surface area contributed by atoms with E-state index in [1.807, 2.05) is 62.4 Å². The van der Waals surface area contributed by atoms with Crippen molar-refractivity contribution in [3.05, 3.63) is 65.2 Å². The first-order valence-corrected chi connectivity index (χ1v) is 7.76. The van der Waals surface area contributed by atoms with Gasteiger partial charge in [0.25, 0.3) is 5.91 Å². The first-order valence-electron chi connectivity index (χ1n) is 7.76. The number of nitrogens with one attached hydrogen (secondary N) is 1. The molecule has 4 nitrogen and oxygen atoms in total. The zero-order valence-electron chi connectivity index (χ0n) is 13.4. The third-order valence-corrected chi connectivity index (χ3v) is 4.15. The van der Waals surface area contributed by atoms with Crippen LogP contribution in [0, 0.1) is 13.8 Å². The first kappa shape index (κ1) is 15.3. The number of carbonyl (C=O) groups excluding carboxylic acids is 2. The normalized spacial score (nSPS) is 17.7. The molecule has 2 aromatic carbocycles. The third kappa shape index (κ3) is 3.26. The topological polar surface area (TPSA) is 49.4 Å². The Hall–Kier alpha value is -2.62. The molecule has 0 unspecified atom stereocenters. The summed E-state index contributed by atoms with van der Waals surface area (Å²) in [6.07, 6.45) is 0.207. The fraction of sp³-hybridized carbons (Fsp3) is 0.263. The first-order chi connectivity index (χ1) is 11.0. The van der Waals surface area contributed by atoms with E-state index >= 15 is 0 Å². The van der Waals surface area contributed by atoms with E-state index in [2.05, 4.69) is 5.32 Å². The molecule has 1 N–H and O–H groups in total. The van der Waals surface area contributed by atoms with Crippen LogP contribution in [0.1, 0.15) is 23.1 Å². The summed E-state index contributed by atoms with van der Waals surface area (Å²) in [5, 5.41) is 3.23. The number of imide groups is 1. The van der Waals surface area contributed by atoms with Crippen molar-refractivity contribution >= 4 is 17.5 Å². The molecule has 0 aromatic heterocycles. The zero-order valence-corrected chi connectivity index (χ0v) is 13.4. The van der Waals surface area contributed by atoms with Gasteiger partial charge in [0.1, 0.15) is 6.04 Å². The summed E-state index contributed by atoms with van der Waals surface area (Å²) < 4.78 is 0. The Morgan fingerprint density at radius 1 is 1.09 bits per heavy atom. The van der Waals surface area contributed by atoms with Crippen LogP contribution in [0.25, 0.3) is 0 Å². The molecule has 2 amide bonds. The smallest absolute Gasteiger partial charge is 0.252 e. The molecule has 23 heavy (non-hydrogen) atoms. The highest BCUT2D eigenvalue weighted by Gasteiger charge is 2.38. The van der Waals surface area contributed by atoms with Crippen LogP contribution in [-0.4, -0.2) is 22.8 Å². The molecule has 1 atom stereocenters. The molecule has 1 heterocycles. The van der Waals surface area contributed by atoms with E-state index in [1.165, 1.54) is 4.90 Å². The zero-order chi connectivity index (χ0) is 16.4. The average Bonchev–Trinajstić information content (AvgIpc) is 2.80. The number of anilines is 1. The summed E-state index contributed by atoms with van der Waals surface area (Å²) in [7, 11) is 0. The molecule has 1 aliphatic rings. The fourth-order valence-corrected chi connectivity index (χ4v) is 2.81. The average molecular weight is 308 g/mol. The fourth-order valence-electron chi connectivity index (χ4n) is 2.81. The summed E-state index contributed by atoms with van der Waals surface area (Å²) in [5.74, 6) is -0.276. The number of hydrogen-bond acceptors (Lipinski definition) is 3. The van der Waals surface area contributed by atoms with Gasteiger partial charge in [0.15, 0.2) is 0 Å². The Labute approximate surface area is 136 Å². The number of hydrogen-bond donors (Lipinski definition) is 1. The second-order valence-corrected chi connectivity index (χ2v) is 6.02. The molecule has 0 aliphatic carbocycles. The molecule has 1 fully saturated rings. The van der Waals surface area contributed by atoms with Crippen molar-refractivity contribution < 1.29 is 9.59 Å². The van der Waals surface area contributed by atoms with Gasteiger partial charge in [-0.15, -0.1) is 0 Å². The van der Waals surface area contributed by atoms with E-state index in [0.29, 0.717) is 6.54 Å². The van der Waals surface area contributed by atoms with Crippen LogP contribution in [-0.2, 0) is 16.1 Å². The molecule has 0 bridgehead atoms. The summed E-state index contributed by atoms with van der Waals surface area (Å²) in [4.78, 5) is 26.1. The van der Waals surface area contributed by atoms with Crippen molar-refractivity contribution in [2.24, 2.45) is 0 Å². The minimum atomic E-state index is -0.480. The quantitative estimate of drug-likeness (QED) is 0.883. The number of carbonyl (C=O) groups is 2. The van der Waals surface area contributed by atoms with Gasteiger partial charge in [-0.1, -0.05) is 42.5 Å². The van der Waals surface area contributed by atoms with E-state index in [0.717, 1.165) is 22.4 Å². The lowest BCUT2D eigenvalue weighted by Crippen LogP contribution is -2.34. The molecular formula is C19H20N2O2. The molecule has 0 spiro atoms. The Bertz CT molecular complexity index is 740. The monoisotopic (exact) mass is 308 g/mol. The van der Waals surface area contributed by atoms with E-state index in [1.54, 1.807) is 0 Å². The third-order valence-electron chi connectivity index (χ3n) is 4.15. The predicted octanol–water partition coefficient (Wildman–Crippen LogP) is 3.04. The molecule has 118 valence electrons. The molecule has 0 radical (unpaired) electrons. The number of amides is 2. The van der Waals surface area contributed by atoms with E-state index in [9.17, 15) is 9.59 Å².